The van der Waals surface area contributed by atoms with Gasteiger partial charge < -0.3 is 11.5 Å². The molecule has 21 heavy (non-hydrogen) atoms. The number of nitrogens with zero attached hydrogens (tertiary/aromatic N) is 5. The third kappa shape index (κ3) is 2.12. The van der Waals surface area contributed by atoms with Crippen LogP contribution >= 0.6 is 0 Å². The fraction of sp³-hybridized carbons (Fsp3) is 0.0769. The van der Waals surface area contributed by atoms with Gasteiger partial charge in [0.25, 0.3) is 0 Å². The maximum atomic E-state index is 5.90. The summed E-state index contributed by atoms with van der Waals surface area (Å²) in [5, 5.41) is 10.9. The number of anilines is 1. The Labute approximate surface area is 120 Å². The van der Waals surface area contributed by atoms with Crippen LogP contribution in [0, 0.1) is 0 Å². The zero-order valence-corrected chi connectivity index (χ0v) is 11.4. The average Bonchev–Trinajstić information content (AvgIpc) is 3.12. The van der Waals surface area contributed by atoms with Gasteiger partial charge in [0.1, 0.15) is 11.5 Å². The molecule has 8 heteroatoms. The highest BCUT2D eigenvalue weighted by atomic mass is 15.2. The van der Waals surface area contributed by atoms with Crippen molar-refractivity contribution in [2.45, 2.75) is 0 Å². The molecule has 0 bridgehead atoms. The number of allylic oxidation sites excluding steroid dienone is 1. The van der Waals surface area contributed by atoms with Gasteiger partial charge in [0, 0.05) is 25.0 Å². The van der Waals surface area contributed by atoms with E-state index in [2.05, 4.69) is 25.3 Å². The van der Waals surface area contributed by atoms with Crippen molar-refractivity contribution in [1.29, 1.82) is 0 Å². The number of fused-ring (bicyclic) bond motifs is 1. The minimum absolute atomic E-state index is 0.449. The second kappa shape index (κ2) is 5.08. The molecule has 0 radical (unpaired) electrons. The van der Waals surface area contributed by atoms with Gasteiger partial charge in [-0.15, -0.1) is 0 Å². The zero-order valence-electron chi connectivity index (χ0n) is 11.4. The molecule has 8 nitrogen and oxygen atoms in total. The minimum atomic E-state index is 0.449. The van der Waals surface area contributed by atoms with E-state index in [0.717, 1.165) is 5.52 Å². The third-order valence-electron chi connectivity index (χ3n) is 3.06. The number of rotatable bonds is 3. The first-order chi connectivity index (χ1) is 10.2. The van der Waals surface area contributed by atoms with Crippen LogP contribution in [0.25, 0.3) is 22.3 Å². The molecule has 3 aromatic heterocycles. The third-order valence-corrected chi connectivity index (χ3v) is 3.06. The van der Waals surface area contributed by atoms with Crippen LogP contribution in [-0.2, 0) is 0 Å². The smallest absolute Gasteiger partial charge is 0.128 e. The molecule has 106 valence electrons. The summed E-state index contributed by atoms with van der Waals surface area (Å²) in [6, 6.07) is 1.86. The summed E-state index contributed by atoms with van der Waals surface area (Å²) in [5.41, 5.74) is 15.1. The lowest BCUT2D eigenvalue weighted by Gasteiger charge is -2.07. The van der Waals surface area contributed by atoms with Crippen LogP contribution < -0.4 is 11.5 Å². The molecule has 0 saturated carbocycles. The Bertz CT molecular complexity index is 839. The van der Waals surface area contributed by atoms with Gasteiger partial charge in [-0.1, -0.05) is 0 Å². The van der Waals surface area contributed by atoms with E-state index in [4.69, 9.17) is 11.5 Å². The van der Waals surface area contributed by atoms with Crippen LogP contribution in [0.15, 0.2) is 35.8 Å². The monoisotopic (exact) mass is 282 g/mol. The molecule has 3 rings (SSSR count). The molecule has 3 heterocycles. The number of nitrogens with two attached hydrogens (primary N) is 2. The Morgan fingerprint density at radius 1 is 1.48 bits per heavy atom. The topological polar surface area (TPSA) is 123 Å². The van der Waals surface area contributed by atoms with Crippen LogP contribution in [0.1, 0.15) is 5.69 Å². The molecule has 0 fully saturated rings. The lowest BCUT2D eigenvalue weighted by molar-refractivity contribution is 0.942. The highest BCUT2D eigenvalue weighted by molar-refractivity contribution is 6.09. The first-order valence-corrected chi connectivity index (χ1v) is 6.22. The summed E-state index contributed by atoms with van der Waals surface area (Å²) in [4.78, 5) is 8.60. The van der Waals surface area contributed by atoms with Crippen LogP contribution in [0.3, 0.4) is 0 Å². The fourth-order valence-electron chi connectivity index (χ4n) is 2.08. The lowest BCUT2D eigenvalue weighted by atomic mass is 10.1. The van der Waals surface area contributed by atoms with Gasteiger partial charge in [-0.25, -0.2) is 9.50 Å². The van der Waals surface area contributed by atoms with Crippen molar-refractivity contribution in [2.75, 3.05) is 12.8 Å². The lowest BCUT2D eigenvalue weighted by Crippen LogP contribution is -2.02. The van der Waals surface area contributed by atoms with Gasteiger partial charge in [-0.2, -0.15) is 10.2 Å². The van der Waals surface area contributed by atoms with E-state index in [9.17, 15) is 0 Å². The largest absolute Gasteiger partial charge is 0.404 e. The molecular weight excluding hydrogens is 268 g/mol. The molecule has 0 spiro atoms. The van der Waals surface area contributed by atoms with Gasteiger partial charge in [0.05, 0.1) is 35.4 Å². The van der Waals surface area contributed by atoms with E-state index in [1.165, 1.54) is 6.20 Å². The second-order valence-corrected chi connectivity index (χ2v) is 4.34. The van der Waals surface area contributed by atoms with Crippen molar-refractivity contribution in [1.82, 2.24) is 24.8 Å². The predicted molar refractivity (Wildman–Crippen MR) is 81.6 cm³/mol. The molecule has 0 aliphatic heterocycles. The van der Waals surface area contributed by atoms with Crippen molar-refractivity contribution in [2.24, 2.45) is 10.7 Å². The van der Waals surface area contributed by atoms with Crippen molar-refractivity contribution >= 4 is 23.1 Å². The first-order valence-electron chi connectivity index (χ1n) is 6.22. The molecular formula is C13H14N8. The summed E-state index contributed by atoms with van der Waals surface area (Å²) in [6.07, 6.45) is 8.21. The van der Waals surface area contributed by atoms with Crippen molar-refractivity contribution < 1.29 is 0 Å². The molecule has 0 aliphatic carbocycles. The summed E-state index contributed by atoms with van der Waals surface area (Å²) in [7, 11) is 1.67. The molecule has 0 saturated heterocycles. The molecule has 3 aromatic rings. The summed E-state index contributed by atoms with van der Waals surface area (Å²) in [5.74, 6) is 0.449. The van der Waals surface area contributed by atoms with Gasteiger partial charge >= 0.3 is 0 Å². The van der Waals surface area contributed by atoms with Crippen molar-refractivity contribution in [3.05, 3.63) is 36.6 Å². The first kappa shape index (κ1) is 12.9. The number of hydrogen-bond donors (Lipinski definition) is 3. The van der Waals surface area contributed by atoms with Crippen molar-refractivity contribution in [3.8, 4) is 11.3 Å². The number of hydrogen-bond acceptors (Lipinski definition) is 6. The normalized spacial score (nSPS) is 12.5. The Kier molecular flexibility index (Phi) is 3.11. The Morgan fingerprint density at radius 2 is 2.33 bits per heavy atom. The maximum Gasteiger partial charge on any atom is 0.128 e. The number of H-pyrrole nitrogens is 1. The standard InChI is InChI=1S/C13H14N8/c1-16-5-8(4-14)10-7-21-11(2-3-18-21)12(19-10)9-6-17-20-13(9)15/h2-7H,14H2,1H3,(H3,15,17,20). The number of nitrogens with one attached hydrogen (secondary N) is 1. The van der Waals surface area contributed by atoms with E-state index in [-0.39, 0.29) is 0 Å². The SMILES string of the molecule is CN=CC(=CN)c1cn2nccc2c(-c2cn[nH]c2N)n1. The molecule has 5 N–H and O–H groups in total. The number of aliphatic imine (C=N–C) groups is 1. The van der Waals surface area contributed by atoms with E-state index in [1.807, 2.05) is 6.07 Å². The number of aromatic nitrogens is 5. The van der Waals surface area contributed by atoms with Crippen LogP contribution in [0.5, 0.6) is 0 Å². The highest BCUT2D eigenvalue weighted by Gasteiger charge is 2.14. The van der Waals surface area contributed by atoms with E-state index in [0.29, 0.717) is 28.3 Å². The molecule has 0 aromatic carbocycles. The summed E-state index contributed by atoms with van der Waals surface area (Å²) in [6.45, 7) is 0. The quantitative estimate of drug-likeness (QED) is 0.610. The summed E-state index contributed by atoms with van der Waals surface area (Å²) < 4.78 is 1.72. The average molecular weight is 282 g/mol. The predicted octanol–water partition coefficient (Wildman–Crippen LogP) is 0.702. The summed E-state index contributed by atoms with van der Waals surface area (Å²) >= 11 is 0. The molecule has 0 amide bonds. The van der Waals surface area contributed by atoms with Crippen LogP contribution in [0.2, 0.25) is 0 Å². The highest BCUT2D eigenvalue weighted by Crippen LogP contribution is 2.27. The minimum Gasteiger partial charge on any atom is -0.404 e. The Balaban J connectivity index is 2.28. The van der Waals surface area contributed by atoms with E-state index >= 15 is 0 Å². The molecule has 0 unspecified atom stereocenters. The molecule has 0 atom stereocenters. The fourth-order valence-corrected chi connectivity index (χ4v) is 2.08. The molecule has 0 aliphatic rings. The number of nitrogen functional groups attached to an aromatic ring is 1. The van der Waals surface area contributed by atoms with E-state index < -0.39 is 0 Å². The second-order valence-electron chi connectivity index (χ2n) is 4.34. The van der Waals surface area contributed by atoms with Gasteiger partial charge in [-0.3, -0.25) is 10.1 Å². The van der Waals surface area contributed by atoms with Gasteiger partial charge in [0.15, 0.2) is 0 Å². The van der Waals surface area contributed by atoms with Gasteiger partial charge in [0.2, 0.25) is 0 Å². The van der Waals surface area contributed by atoms with Gasteiger partial charge in [-0.05, 0) is 6.07 Å². The zero-order chi connectivity index (χ0) is 14.8. The Morgan fingerprint density at radius 3 is 3.00 bits per heavy atom. The maximum absolute atomic E-state index is 5.90. The number of aromatic amines is 1. The van der Waals surface area contributed by atoms with Crippen molar-refractivity contribution in [3.63, 3.8) is 0 Å². The van der Waals surface area contributed by atoms with E-state index in [1.54, 1.807) is 36.4 Å². The van der Waals surface area contributed by atoms with Crippen LogP contribution in [0.4, 0.5) is 5.82 Å². The van der Waals surface area contributed by atoms with Crippen LogP contribution in [-0.4, -0.2) is 38.1 Å². The Hall–Kier alpha value is -3.16.